The molecule has 0 radical (unpaired) electrons. The summed E-state index contributed by atoms with van der Waals surface area (Å²) in [5, 5.41) is 17.8. The van der Waals surface area contributed by atoms with Crippen LogP contribution in [-0.4, -0.2) is 34.3 Å². The number of nitrogens with one attached hydrogen (secondary N) is 1. The van der Waals surface area contributed by atoms with Crippen LogP contribution in [0.15, 0.2) is 30.3 Å². The molecule has 1 aromatic carbocycles. The smallest absolute Gasteiger partial charge is 0.312 e. The van der Waals surface area contributed by atoms with Crippen molar-refractivity contribution < 1.29 is 14.5 Å². The average Bonchev–Trinajstić information content (AvgIpc) is 2.83. The maximum absolute atomic E-state index is 12.1. The molecule has 24 heavy (non-hydrogen) atoms. The Labute approximate surface area is 139 Å². The maximum Gasteiger partial charge on any atom is 0.312 e. The Bertz CT molecular complexity index is 727. The number of amides is 1. The number of aryl methyl sites for hydroxylation is 1. The van der Waals surface area contributed by atoms with Crippen molar-refractivity contribution in [1.82, 2.24) is 15.1 Å². The van der Waals surface area contributed by atoms with Crippen LogP contribution in [0.25, 0.3) is 0 Å². The zero-order chi connectivity index (χ0) is 17.7. The molecule has 0 fully saturated rings. The summed E-state index contributed by atoms with van der Waals surface area (Å²) in [6.07, 6.45) is -0.259. The quantitative estimate of drug-likeness (QED) is 0.617. The largest absolute Gasteiger partial charge is 0.375 e. The number of hydrogen-bond acceptors (Lipinski definition) is 5. The van der Waals surface area contributed by atoms with Gasteiger partial charge in [0, 0.05) is 13.7 Å². The van der Waals surface area contributed by atoms with E-state index in [1.807, 2.05) is 30.3 Å². The van der Waals surface area contributed by atoms with Gasteiger partial charge < -0.3 is 10.1 Å². The fourth-order valence-electron chi connectivity index (χ4n) is 2.51. The van der Waals surface area contributed by atoms with E-state index in [2.05, 4.69) is 10.4 Å². The highest BCUT2D eigenvalue weighted by Crippen LogP contribution is 2.21. The fraction of sp³-hybridized carbons (Fsp3) is 0.375. The number of nitro groups is 1. The van der Waals surface area contributed by atoms with Crippen molar-refractivity contribution in [2.24, 2.45) is 0 Å². The minimum Gasteiger partial charge on any atom is -0.375 e. The maximum atomic E-state index is 12.1. The van der Waals surface area contributed by atoms with Gasteiger partial charge in [0.05, 0.1) is 11.0 Å². The molecule has 8 nitrogen and oxygen atoms in total. The van der Waals surface area contributed by atoms with Crippen LogP contribution in [-0.2, 0) is 16.1 Å². The molecule has 1 aromatic heterocycles. The third-order valence-corrected chi connectivity index (χ3v) is 3.76. The van der Waals surface area contributed by atoms with Gasteiger partial charge in [-0.3, -0.25) is 19.6 Å². The number of methoxy groups -OCH3 is 1. The summed E-state index contributed by atoms with van der Waals surface area (Å²) >= 11 is 0. The van der Waals surface area contributed by atoms with Crippen LogP contribution in [0.4, 0.5) is 5.69 Å². The minimum absolute atomic E-state index is 0.0538. The first-order chi connectivity index (χ1) is 11.4. The number of ether oxygens (including phenoxy) is 1. The first-order valence-corrected chi connectivity index (χ1v) is 7.46. The number of hydrogen-bond donors (Lipinski definition) is 1. The zero-order valence-electron chi connectivity index (χ0n) is 13.9. The van der Waals surface area contributed by atoms with Crippen molar-refractivity contribution in [1.29, 1.82) is 0 Å². The molecule has 2 aromatic rings. The van der Waals surface area contributed by atoms with Crippen molar-refractivity contribution in [3.8, 4) is 0 Å². The van der Waals surface area contributed by atoms with Gasteiger partial charge in [-0.1, -0.05) is 30.3 Å². The number of rotatable bonds is 7. The van der Waals surface area contributed by atoms with Crippen molar-refractivity contribution in [2.75, 3.05) is 13.7 Å². The first-order valence-electron chi connectivity index (χ1n) is 7.46. The summed E-state index contributed by atoms with van der Waals surface area (Å²) in [7, 11) is 1.58. The molecular weight excluding hydrogens is 312 g/mol. The molecule has 1 heterocycles. The molecule has 0 spiro atoms. The Kier molecular flexibility index (Phi) is 5.64. The molecule has 0 aliphatic carbocycles. The second-order valence-corrected chi connectivity index (χ2v) is 5.37. The summed E-state index contributed by atoms with van der Waals surface area (Å²) in [4.78, 5) is 22.6. The van der Waals surface area contributed by atoms with E-state index >= 15 is 0 Å². The van der Waals surface area contributed by atoms with E-state index in [-0.39, 0.29) is 24.2 Å². The lowest BCUT2D eigenvalue weighted by molar-refractivity contribution is -0.386. The molecular formula is C16H20N4O4. The van der Waals surface area contributed by atoms with Crippen molar-refractivity contribution >= 4 is 11.6 Å². The molecule has 128 valence electrons. The third kappa shape index (κ3) is 3.96. The molecule has 1 amide bonds. The third-order valence-electron chi connectivity index (χ3n) is 3.76. The number of aromatic nitrogens is 2. The monoisotopic (exact) mass is 332 g/mol. The summed E-state index contributed by atoms with van der Waals surface area (Å²) in [6.45, 7) is 3.36. The summed E-state index contributed by atoms with van der Waals surface area (Å²) in [5.41, 5.74) is 1.56. The van der Waals surface area contributed by atoms with Crippen LogP contribution in [0.3, 0.4) is 0 Å². The molecule has 0 bridgehead atoms. The van der Waals surface area contributed by atoms with Crippen LogP contribution < -0.4 is 5.32 Å². The number of carbonyl (C=O) groups is 1. The fourth-order valence-corrected chi connectivity index (χ4v) is 2.51. The van der Waals surface area contributed by atoms with E-state index in [9.17, 15) is 14.9 Å². The minimum atomic E-state index is -0.484. The summed E-state index contributed by atoms with van der Waals surface area (Å²) in [5.74, 6) is -0.284. The normalized spacial score (nSPS) is 12.0. The van der Waals surface area contributed by atoms with Crippen LogP contribution in [0, 0.1) is 24.0 Å². The molecule has 0 aliphatic heterocycles. The van der Waals surface area contributed by atoms with E-state index in [0.29, 0.717) is 17.9 Å². The van der Waals surface area contributed by atoms with E-state index in [4.69, 9.17) is 4.74 Å². The van der Waals surface area contributed by atoms with Gasteiger partial charge in [0.25, 0.3) is 0 Å². The zero-order valence-corrected chi connectivity index (χ0v) is 13.9. The van der Waals surface area contributed by atoms with Crippen LogP contribution in [0.1, 0.15) is 23.1 Å². The Morgan fingerprint density at radius 3 is 2.58 bits per heavy atom. The Morgan fingerprint density at radius 2 is 2.04 bits per heavy atom. The molecule has 1 atom stereocenters. The van der Waals surface area contributed by atoms with Crippen molar-refractivity contribution in [3.05, 3.63) is 57.4 Å². The average molecular weight is 332 g/mol. The molecule has 1 N–H and O–H groups in total. The number of carbonyl (C=O) groups excluding carboxylic acids is 1. The number of nitrogens with zero attached hydrogens (tertiary/aromatic N) is 3. The predicted octanol–water partition coefficient (Wildman–Crippen LogP) is 1.91. The second kappa shape index (κ2) is 7.69. The van der Waals surface area contributed by atoms with Crippen LogP contribution >= 0.6 is 0 Å². The summed E-state index contributed by atoms with van der Waals surface area (Å²) in [6, 6.07) is 9.55. The predicted molar refractivity (Wildman–Crippen MR) is 87.6 cm³/mol. The molecule has 0 aliphatic rings. The highest BCUT2D eigenvalue weighted by Gasteiger charge is 2.23. The Balaban J connectivity index is 1.99. The van der Waals surface area contributed by atoms with Gasteiger partial charge in [0.1, 0.15) is 17.9 Å². The lowest BCUT2D eigenvalue weighted by Gasteiger charge is -2.16. The van der Waals surface area contributed by atoms with E-state index < -0.39 is 4.92 Å². The van der Waals surface area contributed by atoms with Gasteiger partial charge in [0.15, 0.2) is 0 Å². The van der Waals surface area contributed by atoms with E-state index in [0.717, 1.165) is 5.56 Å². The lowest BCUT2D eigenvalue weighted by atomic mass is 10.1. The highest BCUT2D eigenvalue weighted by atomic mass is 16.6. The SMILES string of the molecule is COC(CNC(=O)Cn1nc(C)c([N+](=O)[O-])c1C)c1ccccc1. The highest BCUT2D eigenvalue weighted by molar-refractivity contribution is 5.75. The van der Waals surface area contributed by atoms with Crippen LogP contribution in [0.2, 0.25) is 0 Å². The Morgan fingerprint density at radius 1 is 1.38 bits per heavy atom. The second-order valence-electron chi connectivity index (χ2n) is 5.37. The molecule has 2 rings (SSSR count). The van der Waals surface area contributed by atoms with E-state index in [1.165, 1.54) is 4.68 Å². The van der Waals surface area contributed by atoms with Gasteiger partial charge in [-0.25, -0.2) is 0 Å². The molecule has 8 heteroatoms. The topological polar surface area (TPSA) is 99.3 Å². The molecule has 1 unspecified atom stereocenters. The van der Waals surface area contributed by atoms with Crippen molar-refractivity contribution in [3.63, 3.8) is 0 Å². The van der Waals surface area contributed by atoms with E-state index in [1.54, 1.807) is 21.0 Å². The van der Waals surface area contributed by atoms with Gasteiger partial charge in [-0.2, -0.15) is 5.10 Å². The first kappa shape index (κ1) is 17.6. The van der Waals surface area contributed by atoms with Gasteiger partial charge in [-0.15, -0.1) is 0 Å². The van der Waals surface area contributed by atoms with Gasteiger partial charge in [-0.05, 0) is 19.4 Å². The molecule has 0 saturated carbocycles. The molecule has 0 saturated heterocycles. The van der Waals surface area contributed by atoms with Gasteiger partial charge in [0.2, 0.25) is 5.91 Å². The van der Waals surface area contributed by atoms with Crippen LogP contribution in [0.5, 0.6) is 0 Å². The lowest BCUT2D eigenvalue weighted by Crippen LogP contribution is -2.32. The number of benzene rings is 1. The van der Waals surface area contributed by atoms with Gasteiger partial charge >= 0.3 is 5.69 Å². The Hall–Kier alpha value is -2.74. The van der Waals surface area contributed by atoms with Crippen molar-refractivity contribution in [2.45, 2.75) is 26.5 Å². The summed E-state index contributed by atoms with van der Waals surface area (Å²) < 4.78 is 6.73. The standard InChI is InChI=1S/C16H20N4O4/c1-11-16(20(22)23)12(2)19(18-11)10-15(21)17-9-14(24-3)13-7-5-4-6-8-13/h4-8,14H,9-10H2,1-3H3,(H,17,21).